The van der Waals surface area contributed by atoms with Gasteiger partial charge in [-0.2, -0.15) is 0 Å². The molecule has 2 unspecified atom stereocenters. The molecule has 0 fully saturated rings. The van der Waals surface area contributed by atoms with E-state index in [4.69, 9.17) is 27.9 Å². The van der Waals surface area contributed by atoms with Gasteiger partial charge >= 0.3 is 0 Å². The molecule has 1 N–H and O–H groups in total. The molecule has 1 amide bonds. The van der Waals surface area contributed by atoms with Crippen molar-refractivity contribution in [1.29, 1.82) is 0 Å². The Balaban J connectivity index is 2.30. The smallest absolute Gasteiger partial charge is 0.258 e. The van der Waals surface area contributed by atoms with Gasteiger partial charge in [0.25, 0.3) is 5.91 Å². The molecule has 18 heavy (non-hydrogen) atoms. The lowest BCUT2D eigenvalue weighted by molar-refractivity contribution is -0.123. The topological polar surface area (TPSA) is 38.3 Å². The molecule has 1 aromatic rings. The monoisotopic (exact) mass is 289 g/mol. The van der Waals surface area contributed by atoms with Gasteiger partial charge in [0.05, 0.1) is 0 Å². The number of nitrogens with one attached hydrogen (secondary N) is 1. The SMILES string of the molecule is CC(Cl)CC(C)NC(=O)COc1ccc(Cl)cc1. The van der Waals surface area contributed by atoms with E-state index >= 15 is 0 Å². The van der Waals surface area contributed by atoms with Crippen LogP contribution in [0.4, 0.5) is 0 Å². The number of hydrogen-bond acceptors (Lipinski definition) is 2. The summed E-state index contributed by atoms with van der Waals surface area (Å²) in [5, 5.41) is 3.49. The number of hydrogen-bond donors (Lipinski definition) is 1. The summed E-state index contributed by atoms with van der Waals surface area (Å²) < 4.78 is 5.32. The first-order valence-corrected chi connectivity index (χ1v) is 6.60. The summed E-state index contributed by atoms with van der Waals surface area (Å²) in [4.78, 5) is 11.6. The first kappa shape index (κ1) is 15.1. The number of ether oxygens (including phenoxy) is 1. The highest BCUT2D eigenvalue weighted by Gasteiger charge is 2.10. The maximum atomic E-state index is 11.6. The lowest BCUT2D eigenvalue weighted by Crippen LogP contribution is -2.37. The van der Waals surface area contributed by atoms with Crippen LogP contribution in [0.1, 0.15) is 20.3 Å². The van der Waals surface area contributed by atoms with Crippen molar-refractivity contribution in [2.45, 2.75) is 31.7 Å². The number of carbonyl (C=O) groups excluding carboxylic acids is 1. The first-order chi connectivity index (χ1) is 8.47. The Bertz CT molecular complexity index is 379. The fraction of sp³-hybridized carbons (Fsp3) is 0.462. The van der Waals surface area contributed by atoms with Crippen LogP contribution in [0, 0.1) is 0 Å². The molecule has 0 bridgehead atoms. The van der Waals surface area contributed by atoms with E-state index in [-0.39, 0.29) is 23.9 Å². The Morgan fingerprint density at radius 2 is 1.94 bits per heavy atom. The molecule has 0 aliphatic rings. The highest BCUT2D eigenvalue weighted by Crippen LogP contribution is 2.15. The highest BCUT2D eigenvalue weighted by atomic mass is 35.5. The molecular formula is C13H17Cl2NO2. The molecule has 2 atom stereocenters. The van der Waals surface area contributed by atoms with E-state index in [0.717, 1.165) is 6.42 Å². The van der Waals surface area contributed by atoms with Crippen molar-refractivity contribution in [3.8, 4) is 5.75 Å². The van der Waals surface area contributed by atoms with Gasteiger partial charge in [0.1, 0.15) is 5.75 Å². The molecule has 3 nitrogen and oxygen atoms in total. The summed E-state index contributed by atoms with van der Waals surface area (Å²) in [5.41, 5.74) is 0. The number of amides is 1. The van der Waals surface area contributed by atoms with E-state index < -0.39 is 0 Å². The van der Waals surface area contributed by atoms with Crippen LogP contribution in [0.3, 0.4) is 0 Å². The van der Waals surface area contributed by atoms with Crippen LogP contribution in [-0.2, 0) is 4.79 Å². The zero-order valence-corrected chi connectivity index (χ0v) is 12.0. The van der Waals surface area contributed by atoms with Gasteiger partial charge in [0.15, 0.2) is 6.61 Å². The lowest BCUT2D eigenvalue weighted by Gasteiger charge is -2.15. The molecule has 1 aromatic carbocycles. The van der Waals surface area contributed by atoms with Crippen LogP contribution >= 0.6 is 23.2 Å². The molecule has 100 valence electrons. The lowest BCUT2D eigenvalue weighted by atomic mass is 10.2. The largest absolute Gasteiger partial charge is 0.484 e. The van der Waals surface area contributed by atoms with E-state index in [1.807, 2.05) is 13.8 Å². The van der Waals surface area contributed by atoms with Gasteiger partial charge in [-0.05, 0) is 44.5 Å². The average molecular weight is 290 g/mol. The minimum absolute atomic E-state index is 0.0113. The molecule has 0 saturated carbocycles. The standard InChI is InChI=1S/C13H17Cl2NO2/c1-9(14)7-10(2)16-13(17)8-18-12-5-3-11(15)4-6-12/h3-6,9-10H,7-8H2,1-2H3,(H,16,17). The average Bonchev–Trinajstić information content (AvgIpc) is 2.27. The molecule has 0 aliphatic carbocycles. The summed E-state index contributed by atoms with van der Waals surface area (Å²) in [6, 6.07) is 6.91. The van der Waals surface area contributed by atoms with Gasteiger partial charge in [0, 0.05) is 16.4 Å². The quantitative estimate of drug-likeness (QED) is 0.817. The van der Waals surface area contributed by atoms with Gasteiger partial charge in [-0.15, -0.1) is 11.6 Å². The van der Waals surface area contributed by atoms with Crippen molar-refractivity contribution in [2.24, 2.45) is 0 Å². The second kappa shape index (κ2) is 7.49. The Hall–Kier alpha value is -0.930. The summed E-state index contributed by atoms with van der Waals surface area (Å²) in [7, 11) is 0. The molecule has 0 aromatic heterocycles. The van der Waals surface area contributed by atoms with E-state index in [1.54, 1.807) is 24.3 Å². The third kappa shape index (κ3) is 6.12. The third-order valence-electron chi connectivity index (χ3n) is 2.27. The Morgan fingerprint density at radius 3 is 2.50 bits per heavy atom. The molecular weight excluding hydrogens is 273 g/mol. The predicted octanol–water partition coefficient (Wildman–Crippen LogP) is 3.24. The normalized spacial score (nSPS) is 13.8. The van der Waals surface area contributed by atoms with Crippen LogP contribution < -0.4 is 10.1 Å². The van der Waals surface area contributed by atoms with E-state index in [0.29, 0.717) is 10.8 Å². The minimum Gasteiger partial charge on any atom is -0.484 e. The van der Waals surface area contributed by atoms with Gasteiger partial charge in [-0.25, -0.2) is 0 Å². The second-order valence-corrected chi connectivity index (χ2v) is 5.41. The maximum Gasteiger partial charge on any atom is 0.258 e. The number of halogens is 2. The first-order valence-electron chi connectivity index (χ1n) is 5.79. The molecule has 1 rings (SSSR count). The molecule has 0 radical (unpaired) electrons. The van der Waals surface area contributed by atoms with E-state index in [9.17, 15) is 4.79 Å². The summed E-state index contributed by atoms with van der Waals surface area (Å²) >= 11 is 11.6. The Kier molecular flexibility index (Phi) is 6.30. The van der Waals surface area contributed by atoms with Gasteiger partial charge < -0.3 is 10.1 Å². The van der Waals surface area contributed by atoms with Crippen LogP contribution in [0.15, 0.2) is 24.3 Å². The summed E-state index contributed by atoms with van der Waals surface area (Å²) in [6.07, 6.45) is 0.730. The van der Waals surface area contributed by atoms with Gasteiger partial charge in [-0.3, -0.25) is 4.79 Å². The maximum absolute atomic E-state index is 11.6. The van der Waals surface area contributed by atoms with Crippen LogP contribution in [0.2, 0.25) is 5.02 Å². The van der Waals surface area contributed by atoms with E-state index in [1.165, 1.54) is 0 Å². The van der Waals surface area contributed by atoms with Crippen molar-refractivity contribution in [3.05, 3.63) is 29.3 Å². The number of benzene rings is 1. The van der Waals surface area contributed by atoms with Crippen LogP contribution in [-0.4, -0.2) is 23.9 Å². The van der Waals surface area contributed by atoms with Crippen molar-refractivity contribution in [2.75, 3.05) is 6.61 Å². The van der Waals surface area contributed by atoms with Crippen molar-refractivity contribution >= 4 is 29.1 Å². The minimum atomic E-state index is -0.158. The molecule has 0 aliphatic heterocycles. The molecule has 5 heteroatoms. The van der Waals surface area contributed by atoms with Crippen molar-refractivity contribution in [3.63, 3.8) is 0 Å². The molecule has 0 saturated heterocycles. The van der Waals surface area contributed by atoms with Crippen LogP contribution in [0.25, 0.3) is 0 Å². The highest BCUT2D eigenvalue weighted by molar-refractivity contribution is 6.30. The molecule has 0 heterocycles. The fourth-order valence-corrected chi connectivity index (χ4v) is 1.94. The molecule has 0 spiro atoms. The zero-order valence-electron chi connectivity index (χ0n) is 10.5. The number of alkyl halides is 1. The fourth-order valence-electron chi connectivity index (χ4n) is 1.54. The Labute approximate surface area is 117 Å². The Morgan fingerprint density at radius 1 is 1.33 bits per heavy atom. The zero-order chi connectivity index (χ0) is 13.5. The van der Waals surface area contributed by atoms with E-state index in [2.05, 4.69) is 5.32 Å². The summed E-state index contributed by atoms with van der Waals surface area (Å²) in [5.74, 6) is 0.461. The van der Waals surface area contributed by atoms with Gasteiger partial charge in [-0.1, -0.05) is 11.6 Å². The predicted molar refractivity (Wildman–Crippen MR) is 74.5 cm³/mol. The van der Waals surface area contributed by atoms with Crippen LogP contribution in [0.5, 0.6) is 5.75 Å². The number of carbonyl (C=O) groups is 1. The third-order valence-corrected chi connectivity index (χ3v) is 2.70. The second-order valence-electron chi connectivity index (χ2n) is 4.23. The summed E-state index contributed by atoms with van der Waals surface area (Å²) in [6.45, 7) is 3.80. The van der Waals surface area contributed by atoms with Crippen molar-refractivity contribution in [1.82, 2.24) is 5.32 Å². The van der Waals surface area contributed by atoms with Crippen molar-refractivity contribution < 1.29 is 9.53 Å². The van der Waals surface area contributed by atoms with Gasteiger partial charge in [0.2, 0.25) is 0 Å². The number of rotatable bonds is 6.